The SMILES string of the molecule is Cc1ccc(C(=O)Nc2cccc(SC(C(=O)Nc3c(C)cccc3C)c3ccccc3)c2)cc1. The summed E-state index contributed by atoms with van der Waals surface area (Å²) in [5.74, 6) is -0.257. The molecule has 0 bridgehead atoms. The second-order valence-electron chi connectivity index (χ2n) is 8.51. The van der Waals surface area contributed by atoms with Crippen LogP contribution >= 0.6 is 11.8 Å². The predicted molar refractivity (Wildman–Crippen MR) is 145 cm³/mol. The minimum atomic E-state index is -0.460. The Kier molecular flexibility index (Phi) is 7.68. The van der Waals surface area contributed by atoms with Crippen molar-refractivity contribution in [1.29, 1.82) is 0 Å². The van der Waals surface area contributed by atoms with Crippen LogP contribution in [0.25, 0.3) is 0 Å². The molecule has 0 fully saturated rings. The minimum absolute atomic E-state index is 0.0901. The molecule has 4 aromatic carbocycles. The average molecular weight is 481 g/mol. The van der Waals surface area contributed by atoms with Crippen LogP contribution in [0.2, 0.25) is 0 Å². The van der Waals surface area contributed by atoms with Gasteiger partial charge in [-0.15, -0.1) is 11.8 Å². The first-order valence-electron chi connectivity index (χ1n) is 11.5. The largest absolute Gasteiger partial charge is 0.324 e. The fourth-order valence-corrected chi connectivity index (χ4v) is 4.88. The smallest absolute Gasteiger partial charge is 0.255 e. The van der Waals surface area contributed by atoms with Crippen molar-refractivity contribution in [3.8, 4) is 0 Å². The Morgan fingerprint density at radius 1 is 0.714 bits per heavy atom. The van der Waals surface area contributed by atoms with E-state index in [2.05, 4.69) is 10.6 Å². The number of amides is 2. The Balaban J connectivity index is 1.56. The van der Waals surface area contributed by atoms with E-state index in [1.165, 1.54) is 11.8 Å². The fraction of sp³-hybridized carbons (Fsp3) is 0.133. The quantitative estimate of drug-likeness (QED) is 0.272. The van der Waals surface area contributed by atoms with Crippen molar-refractivity contribution in [2.75, 3.05) is 10.6 Å². The van der Waals surface area contributed by atoms with Crippen molar-refractivity contribution in [3.05, 3.63) is 125 Å². The molecule has 0 aromatic heterocycles. The standard InChI is InChI=1S/C30H28N2O2S/c1-20-15-17-24(18-16-20)29(33)31-25-13-8-14-26(19-25)35-28(23-11-5-4-6-12-23)30(34)32-27-21(2)9-7-10-22(27)3/h4-19,28H,1-3H3,(H,31,33)(H,32,34). The van der Waals surface area contributed by atoms with Crippen LogP contribution in [0.5, 0.6) is 0 Å². The molecule has 4 rings (SSSR count). The van der Waals surface area contributed by atoms with Gasteiger partial charge in [0.25, 0.3) is 5.91 Å². The van der Waals surface area contributed by atoms with Gasteiger partial charge in [0, 0.05) is 21.8 Å². The molecular formula is C30H28N2O2S. The van der Waals surface area contributed by atoms with Gasteiger partial charge in [-0.25, -0.2) is 0 Å². The van der Waals surface area contributed by atoms with Gasteiger partial charge in [-0.05, 0) is 67.8 Å². The zero-order valence-electron chi connectivity index (χ0n) is 20.0. The number of carbonyl (C=O) groups is 2. The molecule has 0 heterocycles. The first-order chi connectivity index (χ1) is 16.9. The van der Waals surface area contributed by atoms with Crippen molar-refractivity contribution >= 4 is 35.0 Å². The topological polar surface area (TPSA) is 58.2 Å². The first kappa shape index (κ1) is 24.3. The molecule has 35 heavy (non-hydrogen) atoms. The average Bonchev–Trinajstić information content (AvgIpc) is 2.86. The van der Waals surface area contributed by atoms with Gasteiger partial charge in [-0.1, -0.05) is 72.3 Å². The molecule has 0 aliphatic carbocycles. The molecule has 4 nitrogen and oxygen atoms in total. The third-order valence-electron chi connectivity index (χ3n) is 5.73. The molecule has 4 aromatic rings. The highest BCUT2D eigenvalue weighted by Crippen LogP contribution is 2.37. The Labute approximate surface area is 210 Å². The molecule has 176 valence electrons. The maximum atomic E-state index is 13.5. The van der Waals surface area contributed by atoms with E-state index in [1.807, 2.05) is 118 Å². The van der Waals surface area contributed by atoms with Crippen LogP contribution in [-0.2, 0) is 4.79 Å². The van der Waals surface area contributed by atoms with Crippen molar-refractivity contribution < 1.29 is 9.59 Å². The fourth-order valence-electron chi connectivity index (χ4n) is 3.79. The second-order valence-corrected chi connectivity index (χ2v) is 9.69. The van der Waals surface area contributed by atoms with E-state index < -0.39 is 5.25 Å². The van der Waals surface area contributed by atoms with E-state index in [0.29, 0.717) is 11.3 Å². The van der Waals surface area contributed by atoms with Crippen molar-refractivity contribution in [2.45, 2.75) is 30.9 Å². The normalized spacial score (nSPS) is 11.5. The summed E-state index contributed by atoms with van der Waals surface area (Å²) in [5, 5.41) is 5.64. The Hall–Kier alpha value is -3.83. The number of benzene rings is 4. The summed E-state index contributed by atoms with van der Waals surface area (Å²) >= 11 is 1.46. The molecule has 1 atom stereocenters. The van der Waals surface area contributed by atoms with Gasteiger partial charge >= 0.3 is 0 Å². The molecule has 0 spiro atoms. The number of hydrogen-bond acceptors (Lipinski definition) is 3. The van der Waals surface area contributed by atoms with Crippen LogP contribution in [0.1, 0.15) is 37.9 Å². The van der Waals surface area contributed by atoms with Gasteiger partial charge in [0.1, 0.15) is 5.25 Å². The number of hydrogen-bond donors (Lipinski definition) is 2. The number of carbonyl (C=O) groups excluding carboxylic acids is 2. The number of para-hydroxylation sites is 1. The second kappa shape index (κ2) is 11.1. The molecule has 0 aliphatic heterocycles. The molecule has 0 aliphatic rings. The minimum Gasteiger partial charge on any atom is -0.324 e. The van der Waals surface area contributed by atoms with Crippen LogP contribution in [-0.4, -0.2) is 11.8 Å². The summed E-state index contributed by atoms with van der Waals surface area (Å²) in [5.41, 5.74) is 6.19. The number of thioether (sulfide) groups is 1. The molecular weight excluding hydrogens is 452 g/mol. The molecule has 1 unspecified atom stereocenters. The van der Waals surface area contributed by atoms with E-state index in [0.717, 1.165) is 32.8 Å². The number of nitrogens with one attached hydrogen (secondary N) is 2. The van der Waals surface area contributed by atoms with Gasteiger partial charge in [-0.2, -0.15) is 0 Å². The van der Waals surface area contributed by atoms with E-state index in [4.69, 9.17) is 0 Å². The highest BCUT2D eigenvalue weighted by molar-refractivity contribution is 8.00. The van der Waals surface area contributed by atoms with E-state index in [-0.39, 0.29) is 11.8 Å². The van der Waals surface area contributed by atoms with Gasteiger partial charge in [0.2, 0.25) is 5.91 Å². The molecule has 0 saturated heterocycles. The third-order valence-corrected chi connectivity index (χ3v) is 6.98. The zero-order valence-corrected chi connectivity index (χ0v) is 20.9. The van der Waals surface area contributed by atoms with Gasteiger partial charge in [0.15, 0.2) is 0 Å². The van der Waals surface area contributed by atoms with E-state index in [1.54, 1.807) is 0 Å². The lowest BCUT2D eigenvalue weighted by molar-refractivity contribution is -0.115. The van der Waals surface area contributed by atoms with Crippen molar-refractivity contribution in [3.63, 3.8) is 0 Å². The number of anilines is 2. The summed E-state index contributed by atoms with van der Waals surface area (Å²) in [6, 6.07) is 30.8. The number of rotatable bonds is 7. The monoisotopic (exact) mass is 480 g/mol. The summed E-state index contributed by atoms with van der Waals surface area (Å²) in [6.07, 6.45) is 0. The summed E-state index contributed by atoms with van der Waals surface area (Å²) < 4.78 is 0. The number of aryl methyl sites for hydroxylation is 3. The van der Waals surface area contributed by atoms with Crippen LogP contribution < -0.4 is 10.6 Å². The lowest BCUT2D eigenvalue weighted by Gasteiger charge is -2.19. The maximum absolute atomic E-state index is 13.5. The van der Waals surface area contributed by atoms with Crippen LogP contribution in [0, 0.1) is 20.8 Å². The zero-order chi connectivity index (χ0) is 24.8. The first-order valence-corrected chi connectivity index (χ1v) is 12.4. The predicted octanol–water partition coefficient (Wildman–Crippen LogP) is 7.34. The van der Waals surface area contributed by atoms with Crippen LogP contribution in [0.15, 0.2) is 102 Å². The summed E-state index contributed by atoms with van der Waals surface area (Å²) in [6.45, 7) is 5.98. The summed E-state index contributed by atoms with van der Waals surface area (Å²) in [4.78, 5) is 27.1. The Bertz CT molecular complexity index is 1310. The summed E-state index contributed by atoms with van der Waals surface area (Å²) in [7, 11) is 0. The lowest BCUT2D eigenvalue weighted by atomic mass is 10.1. The van der Waals surface area contributed by atoms with Crippen LogP contribution in [0.4, 0.5) is 11.4 Å². The van der Waals surface area contributed by atoms with Gasteiger partial charge < -0.3 is 10.6 Å². The van der Waals surface area contributed by atoms with Gasteiger partial charge in [-0.3, -0.25) is 9.59 Å². The van der Waals surface area contributed by atoms with E-state index in [9.17, 15) is 9.59 Å². The molecule has 0 radical (unpaired) electrons. The highest BCUT2D eigenvalue weighted by atomic mass is 32.2. The van der Waals surface area contributed by atoms with Crippen molar-refractivity contribution in [2.24, 2.45) is 0 Å². The molecule has 2 N–H and O–H groups in total. The van der Waals surface area contributed by atoms with Gasteiger partial charge in [0.05, 0.1) is 0 Å². The third kappa shape index (κ3) is 6.19. The van der Waals surface area contributed by atoms with Crippen molar-refractivity contribution in [1.82, 2.24) is 0 Å². The lowest BCUT2D eigenvalue weighted by Crippen LogP contribution is -2.20. The Morgan fingerprint density at radius 3 is 2.06 bits per heavy atom. The molecule has 0 saturated carbocycles. The Morgan fingerprint density at radius 2 is 1.37 bits per heavy atom. The maximum Gasteiger partial charge on any atom is 0.255 e. The highest BCUT2D eigenvalue weighted by Gasteiger charge is 2.23. The van der Waals surface area contributed by atoms with Crippen LogP contribution in [0.3, 0.4) is 0 Å². The van der Waals surface area contributed by atoms with E-state index >= 15 is 0 Å². The molecule has 2 amide bonds. The molecule has 5 heteroatoms.